The first kappa shape index (κ1) is 30.2. The first-order chi connectivity index (χ1) is 19.5. The summed E-state index contributed by atoms with van der Waals surface area (Å²) in [5.74, 6) is 3.84. The zero-order chi connectivity index (χ0) is 28.3. The van der Waals surface area contributed by atoms with E-state index in [4.69, 9.17) is 37.9 Å². The minimum absolute atomic E-state index is 0.255. The van der Waals surface area contributed by atoms with E-state index in [0.29, 0.717) is 50.9 Å². The van der Waals surface area contributed by atoms with Crippen LogP contribution in [-0.4, -0.2) is 79.6 Å². The van der Waals surface area contributed by atoms with Crippen molar-refractivity contribution in [1.82, 2.24) is 34.9 Å². The topological polar surface area (TPSA) is 167 Å². The summed E-state index contributed by atoms with van der Waals surface area (Å²) in [6.45, 7) is 7.51. The van der Waals surface area contributed by atoms with Gasteiger partial charge in [-0.15, -0.1) is 0 Å². The second kappa shape index (κ2) is 15.3. The van der Waals surface area contributed by atoms with E-state index in [9.17, 15) is 0 Å². The van der Waals surface area contributed by atoms with Crippen LogP contribution >= 0.6 is 35.7 Å². The highest BCUT2D eigenvalue weighted by Gasteiger charge is 2.26. The van der Waals surface area contributed by atoms with Crippen molar-refractivity contribution in [2.45, 2.75) is 56.3 Å². The summed E-state index contributed by atoms with van der Waals surface area (Å²) in [7, 11) is 0. The Bertz CT molecular complexity index is 1330. The van der Waals surface area contributed by atoms with Crippen LogP contribution in [0.2, 0.25) is 0 Å². The van der Waals surface area contributed by atoms with Crippen molar-refractivity contribution in [2.75, 3.05) is 66.0 Å². The molecule has 1 aliphatic rings. The van der Waals surface area contributed by atoms with Gasteiger partial charge in [-0.3, -0.25) is 4.98 Å². The largest absolute Gasteiger partial charge is 0.370 e. The van der Waals surface area contributed by atoms with Crippen LogP contribution in [0.3, 0.4) is 0 Å². The normalized spacial score (nSPS) is 12.0. The smallest absolute Gasteiger partial charge is 0.225 e. The van der Waals surface area contributed by atoms with Crippen molar-refractivity contribution < 1.29 is 0 Å². The molecular weight excluding hydrogens is 565 g/mol. The van der Waals surface area contributed by atoms with Gasteiger partial charge in [-0.05, 0) is 31.3 Å². The zero-order valence-electron chi connectivity index (χ0n) is 23.3. The summed E-state index contributed by atoms with van der Waals surface area (Å²) < 4.78 is 0.255. The average molecular weight is 603 g/mol. The van der Waals surface area contributed by atoms with Gasteiger partial charge in [0.1, 0.15) is 11.6 Å². The van der Waals surface area contributed by atoms with Gasteiger partial charge in [0.15, 0.2) is 10.3 Å². The second-order valence-electron chi connectivity index (χ2n) is 9.14. The van der Waals surface area contributed by atoms with E-state index >= 15 is 0 Å². The molecule has 0 amide bonds. The maximum absolute atomic E-state index is 5.57. The van der Waals surface area contributed by atoms with E-state index in [1.165, 1.54) is 0 Å². The quantitative estimate of drug-likeness (QED) is 0.0472. The number of hydrogen-bond acceptors (Lipinski definition) is 14. The molecule has 7 N–H and O–H groups in total. The highest BCUT2D eigenvalue weighted by atomic mass is 32.2. The Balaban J connectivity index is 1.53. The van der Waals surface area contributed by atoms with Gasteiger partial charge in [-0.2, -0.15) is 9.97 Å². The number of unbranched alkanes of at least 4 members (excludes halogenated alkanes) is 1. The van der Waals surface area contributed by atoms with Gasteiger partial charge in [0, 0.05) is 62.4 Å². The lowest BCUT2D eigenvalue weighted by molar-refractivity contribution is 0.787. The van der Waals surface area contributed by atoms with Crippen molar-refractivity contribution in [3.8, 4) is 0 Å². The molecule has 12 nitrogen and oxygen atoms in total. The molecule has 0 aliphatic heterocycles. The Morgan fingerprint density at radius 2 is 1.38 bits per heavy atom. The number of fused-ring (bicyclic) bond motifs is 2. The second-order valence-corrected chi connectivity index (χ2v) is 11.3. The van der Waals surface area contributed by atoms with Crippen molar-refractivity contribution in [1.29, 1.82) is 0 Å². The number of aromatic amines is 1. The molecule has 4 rings (SSSR count). The first-order valence-electron chi connectivity index (χ1n) is 13.6. The van der Waals surface area contributed by atoms with Crippen molar-refractivity contribution in [3.63, 3.8) is 0 Å². The third-order valence-corrected chi connectivity index (χ3v) is 7.75. The predicted molar refractivity (Wildman–Crippen MR) is 168 cm³/mol. The summed E-state index contributed by atoms with van der Waals surface area (Å²) in [4.78, 5) is 31.1. The van der Waals surface area contributed by atoms with Gasteiger partial charge in [0.2, 0.25) is 16.7 Å². The molecule has 0 radical (unpaired) electrons. The molecule has 0 spiro atoms. The predicted octanol–water partition coefficient (Wildman–Crippen LogP) is 3.94. The van der Waals surface area contributed by atoms with E-state index in [1.807, 2.05) is 6.26 Å². The van der Waals surface area contributed by atoms with E-state index < -0.39 is 0 Å². The van der Waals surface area contributed by atoms with Gasteiger partial charge in [-0.1, -0.05) is 43.8 Å². The Kier molecular flexibility index (Phi) is 11.6. The van der Waals surface area contributed by atoms with Crippen LogP contribution in [0.15, 0.2) is 10.3 Å². The van der Waals surface area contributed by atoms with Gasteiger partial charge < -0.3 is 27.0 Å². The van der Waals surface area contributed by atoms with Crippen LogP contribution in [0.5, 0.6) is 0 Å². The fourth-order valence-corrected chi connectivity index (χ4v) is 5.63. The molecule has 0 saturated carbocycles. The maximum Gasteiger partial charge on any atom is 0.225 e. The van der Waals surface area contributed by atoms with Gasteiger partial charge in [0.05, 0.1) is 11.4 Å². The molecular formula is C25H38N12S3. The molecule has 3 aromatic heterocycles. The van der Waals surface area contributed by atoms with E-state index in [1.54, 1.807) is 23.5 Å². The third kappa shape index (κ3) is 8.15. The number of nitrogens with zero attached hydrogens (tertiary/aromatic N) is 6. The van der Waals surface area contributed by atoms with E-state index in [2.05, 4.69) is 50.1 Å². The SMILES string of the molecule is CCCCSc1nc2c(c(NCCNc3nc(=S)nc(NCCN)[nH]3)n1)Cc1nc(SC)nc(NCCC)c1C2. The highest BCUT2D eigenvalue weighted by molar-refractivity contribution is 7.99. The molecule has 0 atom stereocenters. The number of rotatable bonds is 16. The van der Waals surface area contributed by atoms with Crippen LogP contribution in [0.25, 0.3) is 0 Å². The van der Waals surface area contributed by atoms with Crippen LogP contribution < -0.4 is 27.0 Å². The minimum atomic E-state index is 0.255. The zero-order valence-corrected chi connectivity index (χ0v) is 25.7. The fraction of sp³-hybridized carbons (Fsp3) is 0.560. The van der Waals surface area contributed by atoms with Gasteiger partial charge in [0.25, 0.3) is 0 Å². The van der Waals surface area contributed by atoms with Crippen LogP contribution in [0.4, 0.5) is 23.5 Å². The molecule has 1 aliphatic carbocycles. The standard InChI is InChI=1S/C25H38N12S3/c1-4-6-12-40-25-32-18-14-15-17(31-24(39-3)33-19(15)27-8-5-2)13-16(18)20(34-25)28-10-11-30-22-35-21(29-9-7-26)36-23(38)37-22/h4-14,26H2,1-3H3,(H,27,31,33)(H,28,32,34)(H3,29,30,35,36,37,38). The number of H-pyrrole nitrogens is 1. The summed E-state index contributed by atoms with van der Waals surface area (Å²) >= 11 is 8.46. The Morgan fingerprint density at radius 1 is 0.775 bits per heavy atom. The lowest BCUT2D eigenvalue weighted by Crippen LogP contribution is -2.22. The minimum Gasteiger partial charge on any atom is -0.370 e. The molecule has 0 fully saturated rings. The maximum atomic E-state index is 5.57. The average Bonchev–Trinajstić information content (AvgIpc) is 2.95. The Labute approximate surface area is 248 Å². The number of aromatic nitrogens is 7. The number of thioether (sulfide) groups is 2. The fourth-order valence-electron chi connectivity index (χ4n) is 4.12. The van der Waals surface area contributed by atoms with Crippen molar-refractivity contribution >= 4 is 59.3 Å². The van der Waals surface area contributed by atoms with Gasteiger partial charge in [-0.25, -0.2) is 19.9 Å². The molecule has 3 aromatic rings. The highest BCUT2D eigenvalue weighted by Crippen LogP contribution is 2.34. The molecule has 40 heavy (non-hydrogen) atoms. The number of nitrogens with two attached hydrogens (primary N) is 1. The third-order valence-electron chi connectivity index (χ3n) is 6.09. The van der Waals surface area contributed by atoms with Crippen molar-refractivity contribution in [2.24, 2.45) is 5.73 Å². The summed E-state index contributed by atoms with van der Waals surface area (Å²) in [5, 5.41) is 15.0. The van der Waals surface area contributed by atoms with E-state index in [-0.39, 0.29) is 4.77 Å². The first-order valence-corrected chi connectivity index (χ1v) is 16.3. The van der Waals surface area contributed by atoms with Crippen LogP contribution in [-0.2, 0) is 12.8 Å². The lowest BCUT2D eigenvalue weighted by atomic mass is 9.93. The molecule has 216 valence electrons. The molecule has 3 heterocycles. The number of anilines is 4. The molecule has 15 heteroatoms. The van der Waals surface area contributed by atoms with Crippen LogP contribution in [0.1, 0.15) is 55.6 Å². The molecule has 0 unspecified atom stereocenters. The Hall–Kier alpha value is -2.75. The number of hydrogen-bond donors (Lipinski definition) is 6. The lowest BCUT2D eigenvalue weighted by Gasteiger charge is -2.24. The molecule has 0 saturated heterocycles. The molecule has 0 aromatic carbocycles. The number of nitrogens with one attached hydrogen (secondary N) is 5. The van der Waals surface area contributed by atoms with Gasteiger partial charge >= 0.3 is 0 Å². The Morgan fingerprint density at radius 3 is 2.00 bits per heavy atom. The summed E-state index contributed by atoms with van der Waals surface area (Å²) in [6, 6.07) is 0. The molecule has 0 bridgehead atoms. The summed E-state index contributed by atoms with van der Waals surface area (Å²) in [6.07, 6.45) is 6.63. The van der Waals surface area contributed by atoms with E-state index in [0.717, 1.165) is 76.0 Å². The summed E-state index contributed by atoms with van der Waals surface area (Å²) in [5.41, 5.74) is 9.87. The van der Waals surface area contributed by atoms with Crippen LogP contribution in [0, 0.1) is 4.77 Å². The van der Waals surface area contributed by atoms with Crippen molar-refractivity contribution in [3.05, 3.63) is 27.3 Å². The monoisotopic (exact) mass is 602 g/mol.